The number of nitrogens with zero attached hydrogens (tertiary/aromatic N) is 2. The minimum absolute atomic E-state index is 0.139. The predicted octanol–water partition coefficient (Wildman–Crippen LogP) is 6.08. The van der Waals surface area contributed by atoms with Crippen LogP contribution in [0.15, 0.2) is 89.3 Å². The number of amides is 1. The first kappa shape index (κ1) is 19.9. The molecule has 1 N–H and O–H groups in total. The van der Waals surface area contributed by atoms with Gasteiger partial charge < -0.3 is 5.32 Å². The second-order valence-corrected chi connectivity index (χ2v) is 8.30. The van der Waals surface area contributed by atoms with Gasteiger partial charge in [-0.05, 0) is 35.2 Å². The average Bonchev–Trinajstić information content (AvgIpc) is 3.33. The number of carbonyl (C=O) groups excluding carboxylic acids is 1. The van der Waals surface area contributed by atoms with Crippen molar-refractivity contribution < 1.29 is 4.79 Å². The zero-order chi connectivity index (χ0) is 20.8. The SMILES string of the molecule is N#Cc1c(-c2ccccc2)cc(-c2cccs2)nc1SCC(=O)Nc1ccccc1. The standard InChI is InChI=1S/C24H17N3OS2/c25-15-20-19(17-8-3-1-4-9-17)14-21(22-12-7-13-29-22)27-24(20)30-16-23(28)26-18-10-5-2-6-11-18/h1-14H,16H2,(H,26,28). The van der Waals surface area contributed by atoms with Crippen LogP contribution >= 0.6 is 23.1 Å². The molecular weight excluding hydrogens is 410 g/mol. The van der Waals surface area contributed by atoms with Crippen LogP contribution < -0.4 is 5.32 Å². The molecule has 146 valence electrons. The lowest BCUT2D eigenvalue weighted by molar-refractivity contribution is -0.113. The molecule has 0 fully saturated rings. The van der Waals surface area contributed by atoms with Gasteiger partial charge in [0.15, 0.2) is 0 Å². The molecule has 0 atom stereocenters. The molecule has 1 amide bonds. The van der Waals surface area contributed by atoms with Gasteiger partial charge in [0.2, 0.25) is 5.91 Å². The molecule has 0 bridgehead atoms. The van der Waals surface area contributed by atoms with Crippen molar-refractivity contribution in [1.29, 1.82) is 5.26 Å². The second kappa shape index (κ2) is 9.40. The molecule has 2 aromatic heterocycles. The molecule has 0 saturated heterocycles. The Kier molecular flexibility index (Phi) is 6.23. The summed E-state index contributed by atoms with van der Waals surface area (Å²) in [5, 5.41) is 15.3. The number of carbonyl (C=O) groups is 1. The fourth-order valence-electron chi connectivity index (χ4n) is 2.98. The minimum Gasteiger partial charge on any atom is -0.325 e. The summed E-state index contributed by atoms with van der Waals surface area (Å²) < 4.78 is 0. The summed E-state index contributed by atoms with van der Waals surface area (Å²) in [5.41, 5.74) is 3.80. The van der Waals surface area contributed by atoms with Gasteiger partial charge in [-0.25, -0.2) is 4.98 Å². The van der Waals surface area contributed by atoms with Crippen LogP contribution in [0.25, 0.3) is 21.7 Å². The predicted molar refractivity (Wildman–Crippen MR) is 123 cm³/mol. The van der Waals surface area contributed by atoms with Crippen LogP contribution in [0, 0.1) is 11.3 Å². The van der Waals surface area contributed by atoms with Gasteiger partial charge in [0, 0.05) is 11.3 Å². The molecule has 6 heteroatoms. The van der Waals surface area contributed by atoms with E-state index in [4.69, 9.17) is 4.98 Å². The number of thiophene rings is 1. The van der Waals surface area contributed by atoms with E-state index >= 15 is 0 Å². The number of nitrogens with one attached hydrogen (secondary N) is 1. The number of para-hydroxylation sites is 1. The van der Waals surface area contributed by atoms with Gasteiger partial charge in [0.05, 0.1) is 21.9 Å². The molecule has 0 aliphatic carbocycles. The lowest BCUT2D eigenvalue weighted by Gasteiger charge is -2.12. The largest absolute Gasteiger partial charge is 0.325 e. The zero-order valence-corrected chi connectivity index (χ0v) is 17.5. The van der Waals surface area contributed by atoms with Crippen molar-refractivity contribution in [2.24, 2.45) is 0 Å². The molecule has 0 saturated carbocycles. The third kappa shape index (κ3) is 4.60. The third-order valence-corrected chi connectivity index (χ3v) is 6.22. The normalized spacial score (nSPS) is 10.4. The summed E-state index contributed by atoms with van der Waals surface area (Å²) in [7, 11) is 0. The first-order valence-electron chi connectivity index (χ1n) is 9.27. The first-order chi connectivity index (χ1) is 14.7. The summed E-state index contributed by atoms with van der Waals surface area (Å²) in [5.74, 6) is 0.0262. The van der Waals surface area contributed by atoms with Crippen LogP contribution in [0.4, 0.5) is 5.69 Å². The van der Waals surface area contributed by atoms with Gasteiger partial charge >= 0.3 is 0 Å². The summed E-state index contributed by atoms with van der Waals surface area (Å²) >= 11 is 2.87. The second-order valence-electron chi connectivity index (χ2n) is 6.39. The number of nitriles is 1. The molecule has 2 heterocycles. The van der Waals surface area contributed by atoms with E-state index < -0.39 is 0 Å². The monoisotopic (exact) mass is 427 g/mol. The van der Waals surface area contributed by atoms with Gasteiger partial charge in [-0.3, -0.25) is 4.79 Å². The van der Waals surface area contributed by atoms with Crippen molar-refractivity contribution in [3.05, 3.63) is 89.8 Å². The quantitative estimate of drug-likeness (QED) is 0.379. The van der Waals surface area contributed by atoms with Crippen molar-refractivity contribution >= 4 is 34.7 Å². The van der Waals surface area contributed by atoms with Gasteiger partial charge in [-0.15, -0.1) is 11.3 Å². The smallest absolute Gasteiger partial charge is 0.234 e. The lowest BCUT2D eigenvalue weighted by Crippen LogP contribution is -2.14. The molecule has 0 aliphatic heterocycles. The number of hydrogen-bond acceptors (Lipinski definition) is 5. The summed E-state index contributed by atoms with van der Waals surface area (Å²) in [6.45, 7) is 0. The molecule has 0 spiro atoms. The molecule has 4 nitrogen and oxygen atoms in total. The highest BCUT2D eigenvalue weighted by atomic mass is 32.2. The van der Waals surface area contributed by atoms with Gasteiger partial charge in [-0.1, -0.05) is 66.4 Å². The number of aromatic nitrogens is 1. The maximum Gasteiger partial charge on any atom is 0.234 e. The van der Waals surface area contributed by atoms with E-state index in [2.05, 4.69) is 11.4 Å². The topological polar surface area (TPSA) is 65.8 Å². The first-order valence-corrected chi connectivity index (χ1v) is 11.1. The molecule has 0 radical (unpaired) electrons. The zero-order valence-electron chi connectivity index (χ0n) is 15.9. The van der Waals surface area contributed by atoms with E-state index in [9.17, 15) is 10.1 Å². The van der Waals surface area contributed by atoms with E-state index in [1.54, 1.807) is 11.3 Å². The van der Waals surface area contributed by atoms with Gasteiger partial charge in [-0.2, -0.15) is 5.26 Å². The summed E-state index contributed by atoms with van der Waals surface area (Å²) in [4.78, 5) is 18.2. The summed E-state index contributed by atoms with van der Waals surface area (Å²) in [6, 6.07) is 27.3. The number of rotatable bonds is 6. The lowest BCUT2D eigenvalue weighted by atomic mass is 10.0. The van der Waals surface area contributed by atoms with Gasteiger partial charge in [0.1, 0.15) is 11.1 Å². The van der Waals surface area contributed by atoms with Crippen molar-refractivity contribution in [1.82, 2.24) is 4.98 Å². The Hall–Kier alpha value is -3.40. The highest BCUT2D eigenvalue weighted by Gasteiger charge is 2.17. The van der Waals surface area contributed by atoms with Crippen LogP contribution in [-0.4, -0.2) is 16.6 Å². The van der Waals surface area contributed by atoms with Crippen LogP contribution in [0.3, 0.4) is 0 Å². The number of anilines is 1. The number of benzene rings is 2. The number of hydrogen-bond donors (Lipinski definition) is 1. The van der Waals surface area contributed by atoms with E-state index in [1.807, 2.05) is 84.2 Å². The van der Waals surface area contributed by atoms with E-state index in [0.29, 0.717) is 10.6 Å². The van der Waals surface area contributed by atoms with Gasteiger partial charge in [0.25, 0.3) is 0 Å². The molecule has 30 heavy (non-hydrogen) atoms. The highest BCUT2D eigenvalue weighted by Crippen LogP contribution is 2.35. The Labute approximate surface area is 183 Å². The number of pyridine rings is 1. The van der Waals surface area contributed by atoms with Crippen LogP contribution in [0.1, 0.15) is 5.56 Å². The van der Waals surface area contributed by atoms with Crippen molar-refractivity contribution in [2.45, 2.75) is 5.03 Å². The Bertz CT molecular complexity index is 1180. The number of thioether (sulfide) groups is 1. The molecule has 4 rings (SSSR count). The van der Waals surface area contributed by atoms with Crippen molar-refractivity contribution in [3.63, 3.8) is 0 Å². The highest BCUT2D eigenvalue weighted by molar-refractivity contribution is 8.00. The summed E-state index contributed by atoms with van der Waals surface area (Å²) in [6.07, 6.45) is 0. The Morgan fingerprint density at radius 1 is 1.03 bits per heavy atom. The molecular formula is C24H17N3OS2. The Balaban J connectivity index is 1.66. The molecule has 2 aromatic carbocycles. The average molecular weight is 428 g/mol. The maximum absolute atomic E-state index is 12.4. The molecule has 0 unspecified atom stereocenters. The molecule has 4 aromatic rings. The van der Waals surface area contributed by atoms with Crippen LogP contribution in [-0.2, 0) is 4.79 Å². The van der Waals surface area contributed by atoms with Crippen LogP contribution in [0.2, 0.25) is 0 Å². The van der Waals surface area contributed by atoms with E-state index in [-0.39, 0.29) is 11.7 Å². The van der Waals surface area contributed by atoms with Crippen LogP contribution in [0.5, 0.6) is 0 Å². The third-order valence-electron chi connectivity index (χ3n) is 4.35. The fraction of sp³-hybridized carbons (Fsp3) is 0.0417. The Morgan fingerprint density at radius 3 is 2.43 bits per heavy atom. The van der Waals surface area contributed by atoms with Crippen molar-refractivity contribution in [3.8, 4) is 27.8 Å². The minimum atomic E-state index is -0.139. The molecule has 0 aliphatic rings. The fourth-order valence-corrected chi connectivity index (χ4v) is 4.47. The maximum atomic E-state index is 12.4. The van der Waals surface area contributed by atoms with Crippen molar-refractivity contribution in [2.75, 3.05) is 11.1 Å². The Morgan fingerprint density at radius 2 is 1.77 bits per heavy atom. The van der Waals surface area contributed by atoms with E-state index in [0.717, 1.165) is 27.4 Å². The van der Waals surface area contributed by atoms with E-state index in [1.165, 1.54) is 11.8 Å².